The Morgan fingerprint density at radius 3 is 2.27 bits per heavy atom. The van der Waals surface area contributed by atoms with E-state index in [1.54, 1.807) is 0 Å². The molecule has 1 unspecified atom stereocenters. The number of hydrogen-bond donors (Lipinski definition) is 1. The Labute approximate surface area is 155 Å². The lowest BCUT2D eigenvalue weighted by molar-refractivity contribution is -0.123. The molecule has 0 radical (unpaired) electrons. The molecular weight excluding hydrogens is 322 g/mol. The molecule has 3 rings (SSSR count). The molecule has 2 aromatic carbocycles. The molecule has 1 saturated heterocycles. The van der Waals surface area contributed by atoms with Crippen LogP contribution in [-0.4, -0.2) is 30.4 Å². The number of likely N-dealkylation sites (tertiary alicyclic amines) is 1. The number of nitriles is 1. The van der Waals surface area contributed by atoms with Crippen molar-refractivity contribution >= 4 is 5.91 Å². The second kappa shape index (κ2) is 8.16. The van der Waals surface area contributed by atoms with Crippen LogP contribution < -0.4 is 5.32 Å². The number of nitrogens with one attached hydrogen (secondary N) is 1. The third-order valence-corrected chi connectivity index (χ3v) is 5.29. The van der Waals surface area contributed by atoms with Gasteiger partial charge in [0.05, 0.1) is 24.1 Å². The fourth-order valence-electron chi connectivity index (χ4n) is 3.63. The van der Waals surface area contributed by atoms with Gasteiger partial charge in [0.1, 0.15) is 0 Å². The van der Waals surface area contributed by atoms with Crippen LogP contribution in [0.1, 0.15) is 36.9 Å². The third kappa shape index (κ3) is 4.12. The molecule has 0 spiro atoms. The molecule has 0 aromatic heterocycles. The number of amides is 1. The summed E-state index contributed by atoms with van der Waals surface area (Å²) in [4.78, 5) is 14.5. The van der Waals surface area contributed by atoms with Gasteiger partial charge < -0.3 is 5.32 Å². The zero-order valence-electron chi connectivity index (χ0n) is 15.2. The van der Waals surface area contributed by atoms with Gasteiger partial charge >= 0.3 is 0 Å². The van der Waals surface area contributed by atoms with Crippen LogP contribution in [-0.2, 0) is 10.2 Å². The fourth-order valence-corrected chi connectivity index (χ4v) is 3.63. The second-order valence-electron chi connectivity index (χ2n) is 7.04. The Kier molecular flexibility index (Phi) is 5.70. The Hall–Kier alpha value is -2.64. The van der Waals surface area contributed by atoms with Crippen LogP contribution in [0.15, 0.2) is 60.7 Å². The van der Waals surface area contributed by atoms with E-state index in [1.165, 1.54) is 0 Å². The van der Waals surface area contributed by atoms with E-state index < -0.39 is 5.41 Å². The summed E-state index contributed by atoms with van der Waals surface area (Å²) in [5.74, 6) is 0.0329. The summed E-state index contributed by atoms with van der Waals surface area (Å²) < 4.78 is 0. The summed E-state index contributed by atoms with van der Waals surface area (Å²) >= 11 is 0. The summed E-state index contributed by atoms with van der Waals surface area (Å²) in [5, 5.41) is 12.8. The highest BCUT2D eigenvalue weighted by Gasteiger charge is 2.36. The van der Waals surface area contributed by atoms with E-state index in [2.05, 4.69) is 16.3 Å². The van der Waals surface area contributed by atoms with Crippen molar-refractivity contribution < 1.29 is 4.79 Å². The van der Waals surface area contributed by atoms with Crippen molar-refractivity contribution in [2.75, 3.05) is 19.6 Å². The predicted molar refractivity (Wildman–Crippen MR) is 102 cm³/mol. The lowest BCUT2D eigenvalue weighted by Gasteiger charge is -2.37. The topological polar surface area (TPSA) is 56.1 Å². The Bertz CT molecular complexity index is 759. The first-order valence-corrected chi connectivity index (χ1v) is 9.16. The van der Waals surface area contributed by atoms with Gasteiger partial charge in [-0.1, -0.05) is 60.7 Å². The van der Waals surface area contributed by atoms with Gasteiger partial charge in [-0.15, -0.1) is 0 Å². The van der Waals surface area contributed by atoms with Gasteiger partial charge in [-0.2, -0.15) is 5.26 Å². The molecule has 1 atom stereocenters. The fraction of sp³-hybridized carbons (Fsp3) is 0.364. The van der Waals surface area contributed by atoms with Crippen LogP contribution in [0.4, 0.5) is 0 Å². The van der Waals surface area contributed by atoms with Crippen LogP contribution in [0.2, 0.25) is 0 Å². The first-order valence-electron chi connectivity index (χ1n) is 9.16. The van der Waals surface area contributed by atoms with Crippen LogP contribution >= 0.6 is 0 Å². The molecule has 1 N–H and O–H groups in total. The minimum Gasteiger partial charge on any atom is -0.348 e. The Morgan fingerprint density at radius 2 is 1.69 bits per heavy atom. The maximum atomic E-state index is 12.4. The Morgan fingerprint density at radius 1 is 1.12 bits per heavy atom. The van der Waals surface area contributed by atoms with Crippen molar-refractivity contribution in [2.24, 2.45) is 0 Å². The molecule has 2 aromatic rings. The predicted octanol–water partition coefficient (Wildman–Crippen LogP) is 3.42. The zero-order valence-corrected chi connectivity index (χ0v) is 15.2. The number of carbonyl (C=O) groups excluding carboxylic acids is 1. The van der Waals surface area contributed by atoms with Crippen LogP contribution in [0, 0.1) is 11.3 Å². The van der Waals surface area contributed by atoms with Gasteiger partial charge in [0.25, 0.3) is 0 Å². The average molecular weight is 347 g/mol. The van der Waals surface area contributed by atoms with E-state index in [1.807, 2.05) is 67.6 Å². The third-order valence-electron chi connectivity index (χ3n) is 5.29. The van der Waals surface area contributed by atoms with Gasteiger partial charge in [0.2, 0.25) is 5.91 Å². The summed E-state index contributed by atoms with van der Waals surface area (Å²) in [5.41, 5.74) is 1.77. The molecule has 0 aliphatic carbocycles. The number of rotatable bonds is 5. The van der Waals surface area contributed by atoms with E-state index in [-0.39, 0.29) is 11.9 Å². The standard InChI is InChI=1S/C22H25N3O/c1-18(19-8-4-2-5-9-19)24-21(26)16-25-14-12-22(17-23,13-15-25)20-10-6-3-7-11-20/h2-11,18H,12-16H2,1H3,(H,24,26). The maximum absolute atomic E-state index is 12.4. The van der Waals surface area contributed by atoms with E-state index >= 15 is 0 Å². The largest absolute Gasteiger partial charge is 0.348 e. The van der Waals surface area contributed by atoms with Crippen LogP contribution in [0.3, 0.4) is 0 Å². The minimum atomic E-state index is -0.425. The molecule has 1 fully saturated rings. The summed E-state index contributed by atoms with van der Waals surface area (Å²) in [6.07, 6.45) is 1.52. The van der Waals surface area contributed by atoms with Crippen molar-refractivity contribution in [3.63, 3.8) is 0 Å². The highest BCUT2D eigenvalue weighted by atomic mass is 16.2. The molecule has 4 heteroatoms. The lowest BCUT2D eigenvalue weighted by atomic mass is 9.74. The Balaban J connectivity index is 1.54. The smallest absolute Gasteiger partial charge is 0.234 e. The van der Waals surface area contributed by atoms with E-state index in [0.29, 0.717) is 6.54 Å². The quantitative estimate of drug-likeness (QED) is 0.902. The van der Waals surface area contributed by atoms with E-state index in [9.17, 15) is 10.1 Å². The summed E-state index contributed by atoms with van der Waals surface area (Å²) in [6, 6.07) is 22.5. The number of hydrogen-bond acceptors (Lipinski definition) is 3. The zero-order chi connectivity index (χ0) is 18.4. The molecule has 26 heavy (non-hydrogen) atoms. The first-order chi connectivity index (χ1) is 12.6. The van der Waals surface area contributed by atoms with Crippen molar-refractivity contribution in [3.05, 3.63) is 71.8 Å². The number of piperidine rings is 1. The van der Waals surface area contributed by atoms with E-state index in [4.69, 9.17) is 0 Å². The summed E-state index contributed by atoms with van der Waals surface area (Å²) in [6.45, 7) is 3.90. The SMILES string of the molecule is CC(NC(=O)CN1CCC(C#N)(c2ccccc2)CC1)c1ccccc1. The van der Waals surface area contributed by atoms with Gasteiger partial charge in [-0.25, -0.2) is 0 Å². The van der Waals surface area contributed by atoms with Crippen molar-refractivity contribution in [3.8, 4) is 6.07 Å². The van der Waals surface area contributed by atoms with Gasteiger partial charge in [-0.05, 0) is 30.9 Å². The molecule has 1 aliphatic rings. The molecule has 134 valence electrons. The first kappa shape index (κ1) is 18.2. The van der Waals surface area contributed by atoms with Crippen molar-refractivity contribution in [1.82, 2.24) is 10.2 Å². The maximum Gasteiger partial charge on any atom is 0.234 e. The second-order valence-corrected chi connectivity index (χ2v) is 7.04. The van der Waals surface area contributed by atoms with Crippen LogP contribution in [0.25, 0.3) is 0 Å². The highest BCUT2D eigenvalue weighted by molar-refractivity contribution is 5.78. The van der Waals surface area contributed by atoms with Crippen molar-refractivity contribution in [2.45, 2.75) is 31.2 Å². The molecule has 1 aliphatic heterocycles. The minimum absolute atomic E-state index is 0.00370. The number of nitrogens with zero attached hydrogens (tertiary/aromatic N) is 2. The monoisotopic (exact) mass is 347 g/mol. The van der Waals surface area contributed by atoms with Crippen molar-refractivity contribution in [1.29, 1.82) is 5.26 Å². The van der Waals surface area contributed by atoms with E-state index in [0.717, 1.165) is 37.1 Å². The van der Waals surface area contributed by atoms with Gasteiger partial charge in [-0.3, -0.25) is 9.69 Å². The summed E-state index contributed by atoms with van der Waals surface area (Å²) in [7, 11) is 0. The molecule has 4 nitrogen and oxygen atoms in total. The number of benzene rings is 2. The molecular formula is C22H25N3O. The normalized spacial score (nSPS) is 17.8. The molecule has 1 heterocycles. The van der Waals surface area contributed by atoms with Gasteiger partial charge in [0, 0.05) is 13.1 Å². The number of carbonyl (C=O) groups is 1. The van der Waals surface area contributed by atoms with Gasteiger partial charge in [0.15, 0.2) is 0 Å². The molecule has 1 amide bonds. The molecule has 0 saturated carbocycles. The van der Waals surface area contributed by atoms with Crippen LogP contribution in [0.5, 0.6) is 0 Å². The lowest BCUT2D eigenvalue weighted by Crippen LogP contribution is -2.46. The highest BCUT2D eigenvalue weighted by Crippen LogP contribution is 2.34. The average Bonchev–Trinajstić information content (AvgIpc) is 2.70. The molecule has 0 bridgehead atoms.